The molecule has 2 rings (SSSR count). The fraction of sp³-hybridized carbons (Fsp3) is 0. The first-order chi connectivity index (χ1) is 5.25. The molecule has 0 bridgehead atoms. The number of halogens is 2. The lowest BCUT2D eigenvalue weighted by molar-refractivity contribution is 0.629. The van der Waals surface area contributed by atoms with Gasteiger partial charge in [-0.3, -0.25) is 0 Å². The Morgan fingerprint density at radius 1 is 1.45 bits per heavy atom. The number of imidazole rings is 1. The summed E-state index contributed by atoms with van der Waals surface area (Å²) < 4.78 is 12.6. The number of aromatic nitrogens is 2. The second kappa shape index (κ2) is 2.20. The van der Waals surface area contributed by atoms with Crippen molar-refractivity contribution >= 4 is 22.6 Å². The zero-order valence-electron chi connectivity index (χ0n) is 5.44. The highest BCUT2D eigenvalue weighted by Crippen LogP contribution is 2.14. The summed E-state index contributed by atoms with van der Waals surface area (Å²) in [5.74, 6) is -0.294. The van der Waals surface area contributed by atoms with E-state index in [0.29, 0.717) is 11.0 Å². The van der Waals surface area contributed by atoms with Gasteiger partial charge in [-0.2, -0.15) is 0 Å². The average Bonchev–Trinajstić information content (AvgIpc) is 2.27. The molecule has 0 amide bonds. The fourth-order valence-electron chi connectivity index (χ4n) is 0.951. The van der Waals surface area contributed by atoms with Gasteiger partial charge >= 0.3 is 0 Å². The van der Waals surface area contributed by atoms with Gasteiger partial charge in [0, 0.05) is 0 Å². The molecule has 56 valence electrons. The van der Waals surface area contributed by atoms with Crippen molar-refractivity contribution in [1.29, 1.82) is 0 Å². The Bertz CT molecular complexity index is 396. The van der Waals surface area contributed by atoms with Crippen molar-refractivity contribution in [3.8, 4) is 0 Å². The van der Waals surface area contributed by atoms with Gasteiger partial charge < -0.3 is 4.98 Å². The Balaban J connectivity index is 2.82. The van der Waals surface area contributed by atoms with Crippen LogP contribution >= 0.6 is 11.6 Å². The lowest BCUT2D eigenvalue weighted by atomic mass is 10.3. The van der Waals surface area contributed by atoms with Gasteiger partial charge in [-0.05, 0) is 29.8 Å². The van der Waals surface area contributed by atoms with Crippen LogP contribution in [0.4, 0.5) is 4.39 Å². The molecule has 0 aliphatic heterocycles. The third-order valence-electron chi connectivity index (χ3n) is 1.42. The first kappa shape index (κ1) is 6.61. The molecule has 2 aromatic rings. The van der Waals surface area contributed by atoms with Crippen LogP contribution in [-0.2, 0) is 0 Å². The molecule has 4 heteroatoms. The minimum atomic E-state index is -0.294. The maximum Gasteiger partial charge on any atom is 0.201 e. The van der Waals surface area contributed by atoms with Gasteiger partial charge in [0.2, 0.25) is 5.28 Å². The fourth-order valence-corrected chi connectivity index (χ4v) is 1.14. The molecular formula is C7H4ClFN2. The number of rotatable bonds is 0. The van der Waals surface area contributed by atoms with Crippen LogP contribution in [-0.4, -0.2) is 9.97 Å². The van der Waals surface area contributed by atoms with Gasteiger partial charge in [0.1, 0.15) is 5.82 Å². The molecule has 0 spiro atoms. The summed E-state index contributed by atoms with van der Waals surface area (Å²) in [6.07, 6.45) is 0. The summed E-state index contributed by atoms with van der Waals surface area (Å²) >= 11 is 5.55. The monoisotopic (exact) mass is 170 g/mol. The van der Waals surface area contributed by atoms with Crippen molar-refractivity contribution in [3.05, 3.63) is 29.3 Å². The molecule has 0 fully saturated rings. The van der Waals surface area contributed by atoms with E-state index in [1.807, 2.05) is 0 Å². The summed E-state index contributed by atoms with van der Waals surface area (Å²) in [6, 6.07) is 4.28. The minimum Gasteiger partial charge on any atom is -0.328 e. The van der Waals surface area contributed by atoms with Crippen LogP contribution in [0.3, 0.4) is 0 Å². The second-order valence-corrected chi connectivity index (χ2v) is 2.55. The lowest BCUT2D eigenvalue weighted by Gasteiger charge is -1.85. The quantitative estimate of drug-likeness (QED) is 0.646. The predicted molar refractivity (Wildman–Crippen MR) is 41.1 cm³/mol. The number of H-pyrrole nitrogens is 1. The first-order valence-electron chi connectivity index (χ1n) is 3.06. The molecule has 0 saturated carbocycles. The van der Waals surface area contributed by atoms with Crippen molar-refractivity contribution in [3.63, 3.8) is 0 Å². The summed E-state index contributed by atoms with van der Waals surface area (Å²) in [7, 11) is 0. The van der Waals surface area contributed by atoms with E-state index in [0.717, 1.165) is 0 Å². The molecule has 2 nitrogen and oxygen atoms in total. The van der Waals surface area contributed by atoms with Crippen LogP contribution < -0.4 is 0 Å². The molecule has 0 aliphatic rings. The molecule has 0 aliphatic carbocycles. The summed E-state index contributed by atoms with van der Waals surface area (Å²) in [6.45, 7) is 0. The third kappa shape index (κ3) is 1.07. The van der Waals surface area contributed by atoms with Crippen LogP contribution in [0, 0.1) is 5.82 Å². The largest absolute Gasteiger partial charge is 0.328 e. The molecule has 0 atom stereocenters. The third-order valence-corrected chi connectivity index (χ3v) is 1.59. The smallest absolute Gasteiger partial charge is 0.201 e. The molecule has 1 aromatic heterocycles. The Morgan fingerprint density at radius 3 is 3.09 bits per heavy atom. The van der Waals surface area contributed by atoms with E-state index in [9.17, 15) is 4.39 Å². The maximum atomic E-state index is 12.6. The highest BCUT2D eigenvalue weighted by Gasteiger charge is 1.99. The number of fused-ring (bicyclic) bond motifs is 1. The van der Waals surface area contributed by atoms with Crippen molar-refractivity contribution in [1.82, 2.24) is 9.97 Å². The Labute approximate surface area is 67.0 Å². The minimum absolute atomic E-state index is 0.283. The van der Waals surface area contributed by atoms with Gasteiger partial charge in [-0.15, -0.1) is 0 Å². The topological polar surface area (TPSA) is 28.7 Å². The standard InChI is InChI=1S/C7H4ClFN2/c8-7-10-5-2-1-4(9)3-6(5)11-7/h1-3H,(H,10,11). The van der Waals surface area contributed by atoms with Gasteiger partial charge in [-0.25, -0.2) is 9.37 Å². The molecule has 0 saturated heterocycles. The molecular weight excluding hydrogens is 167 g/mol. The highest BCUT2D eigenvalue weighted by atomic mass is 35.5. The SMILES string of the molecule is Fc1ccc2nc(Cl)[nH]c2c1. The van der Waals surface area contributed by atoms with E-state index in [1.54, 1.807) is 6.07 Å². The predicted octanol–water partition coefficient (Wildman–Crippen LogP) is 2.36. The van der Waals surface area contributed by atoms with Crippen molar-refractivity contribution in [2.24, 2.45) is 0 Å². The lowest BCUT2D eigenvalue weighted by Crippen LogP contribution is -1.72. The molecule has 11 heavy (non-hydrogen) atoms. The zero-order chi connectivity index (χ0) is 7.84. The molecule has 0 unspecified atom stereocenters. The van der Waals surface area contributed by atoms with Crippen LogP contribution in [0.15, 0.2) is 18.2 Å². The Morgan fingerprint density at radius 2 is 2.27 bits per heavy atom. The van der Waals surface area contributed by atoms with Crippen molar-refractivity contribution < 1.29 is 4.39 Å². The average molecular weight is 171 g/mol. The molecule has 1 heterocycles. The summed E-state index contributed by atoms with van der Waals surface area (Å²) in [4.78, 5) is 6.61. The van der Waals surface area contributed by atoms with Gasteiger partial charge in [0.15, 0.2) is 0 Å². The van der Waals surface area contributed by atoms with E-state index >= 15 is 0 Å². The summed E-state index contributed by atoms with van der Waals surface area (Å²) in [5.41, 5.74) is 1.30. The second-order valence-electron chi connectivity index (χ2n) is 2.19. The van der Waals surface area contributed by atoms with Gasteiger partial charge in [0.05, 0.1) is 11.0 Å². The number of nitrogens with one attached hydrogen (secondary N) is 1. The van der Waals surface area contributed by atoms with E-state index in [-0.39, 0.29) is 11.1 Å². The number of aromatic amines is 1. The number of hydrogen-bond acceptors (Lipinski definition) is 1. The van der Waals surface area contributed by atoms with Crippen LogP contribution in [0.1, 0.15) is 0 Å². The Hall–Kier alpha value is -1.09. The van der Waals surface area contributed by atoms with E-state index in [4.69, 9.17) is 11.6 Å². The number of hydrogen-bond donors (Lipinski definition) is 1. The van der Waals surface area contributed by atoms with E-state index in [1.165, 1.54) is 12.1 Å². The Kier molecular flexibility index (Phi) is 1.32. The highest BCUT2D eigenvalue weighted by molar-refractivity contribution is 6.29. The zero-order valence-corrected chi connectivity index (χ0v) is 6.19. The van der Waals surface area contributed by atoms with E-state index in [2.05, 4.69) is 9.97 Å². The maximum absolute atomic E-state index is 12.6. The molecule has 1 aromatic carbocycles. The molecule has 1 N–H and O–H groups in total. The van der Waals surface area contributed by atoms with Gasteiger partial charge in [-0.1, -0.05) is 0 Å². The number of benzene rings is 1. The van der Waals surface area contributed by atoms with Gasteiger partial charge in [0.25, 0.3) is 0 Å². The van der Waals surface area contributed by atoms with E-state index < -0.39 is 0 Å². The van der Waals surface area contributed by atoms with Crippen LogP contribution in [0.25, 0.3) is 11.0 Å². The molecule has 0 radical (unpaired) electrons. The van der Waals surface area contributed by atoms with Crippen molar-refractivity contribution in [2.75, 3.05) is 0 Å². The van der Waals surface area contributed by atoms with Crippen molar-refractivity contribution in [2.45, 2.75) is 0 Å². The first-order valence-corrected chi connectivity index (χ1v) is 3.44. The number of nitrogens with zero attached hydrogens (tertiary/aromatic N) is 1. The van der Waals surface area contributed by atoms with Crippen LogP contribution in [0.2, 0.25) is 5.28 Å². The van der Waals surface area contributed by atoms with Crippen LogP contribution in [0.5, 0.6) is 0 Å². The summed E-state index contributed by atoms with van der Waals surface area (Å²) in [5, 5.41) is 0.283. The normalized spacial score (nSPS) is 10.7.